The number of hydrogen-bond donors (Lipinski definition) is 5. The highest BCUT2D eigenvalue weighted by Crippen LogP contribution is 2.19. The van der Waals surface area contributed by atoms with E-state index >= 15 is 0 Å². The molecule has 1 fully saturated rings. The predicted molar refractivity (Wildman–Crippen MR) is 36.5 cm³/mol. The molecule has 0 aromatic carbocycles. The lowest BCUT2D eigenvalue weighted by Gasteiger charge is -2.36. The van der Waals surface area contributed by atoms with Crippen LogP contribution in [0.5, 0.6) is 0 Å². The third-order valence-electron chi connectivity index (χ3n) is 1.83. The first-order chi connectivity index (χ1) is 5.95. The van der Waals surface area contributed by atoms with Crippen LogP contribution in [0.3, 0.4) is 0 Å². The number of rotatable bonds is 1. The number of carboxylic acid groups (broad SMARTS) is 1. The van der Waals surface area contributed by atoms with E-state index < -0.39 is 36.7 Å². The van der Waals surface area contributed by atoms with Crippen molar-refractivity contribution in [1.82, 2.24) is 0 Å². The van der Waals surface area contributed by atoms with Gasteiger partial charge in [-0.1, -0.05) is 0 Å². The maximum Gasteiger partial charge on any atom is 0.335 e. The normalized spacial score (nSPS) is 46.0. The molecule has 0 amide bonds. The summed E-state index contributed by atoms with van der Waals surface area (Å²) in [6, 6.07) is 0. The van der Waals surface area contributed by atoms with Crippen LogP contribution >= 0.6 is 0 Å². The minimum Gasteiger partial charge on any atom is -0.479 e. The zero-order valence-corrected chi connectivity index (χ0v) is 6.44. The summed E-state index contributed by atoms with van der Waals surface area (Å²) in [5.74, 6) is -1.52. The van der Waals surface area contributed by atoms with Crippen molar-refractivity contribution >= 4 is 5.97 Å². The van der Waals surface area contributed by atoms with Crippen molar-refractivity contribution in [2.75, 3.05) is 0 Å². The van der Waals surface area contributed by atoms with Gasteiger partial charge in [0.2, 0.25) is 0 Å². The van der Waals surface area contributed by atoms with Gasteiger partial charge in [-0.15, -0.1) is 0 Å². The summed E-state index contributed by atoms with van der Waals surface area (Å²) in [5.41, 5.74) is 0. The molecule has 1 heterocycles. The van der Waals surface area contributed by atoms with Gasteiger partial charge in [0.1, 0.15) is 18.3 Å². The molecule has 1 aliphatic rings. The minimum atomic E-state index is -1.81. The number of hydrogen-bond acceptors (Lipinski definition) is 6. The van der Waals surface area contributed by atoms with Gasteiger partial charge in [0.05, 0.1) is 0 Å². The molecule has 0 spiro atoms. The molecular weight excluding hydrogens is 184 g/mol. The molecule has 0 radical (unpaired) electrons. The van der Waals surface area contributed by atoms with Crippen molar-refractivity contribution in [3.63, 3.8) is 0 Å². The van der Waals surface area contributed by atoms with Crippen molar-refractivity contribution in [2.24, 2.45) is 0 Å². The highest BCUT2D eigenvalue weighted by atomic mass is 16.6. The lowest BCUT2D eigenvalue weighted by Crippen LogP contribution is -2.59. The van der Waals surface area contributed by atoms with Gasteiger partial charge in [-0.25, -0.2) is 4.79 Å². The van der Waals surface area contributed by atoms with E-state index in [1.54, 1.807) is 0 Å². The molecule has 7 heteroatoms. The van der Waals surface area contributed by atoms with Crippen molar-refractivity contribution in [2.45, 2.75) is 30.7 Å². The van der Waals surface area contributed by atoms with Crippen molar-refractivity contribution in [1.29, 1.82) is 0 Å². The fourth-order valence-corrected chi connectivity index (χ4v) is 1.07. The van der Waals surface area contributed by atoms with E-state index in [2.05, 4.69) is 4.74 Å². The van der Waals surface area contributed by atoms with E-state index in [1.165, 1.54) is 0 Å². The SMILES string of the molecule is O=C(O)C1O[C@H](O)C(O)[C@@H](O)[C@H]1O. The first kappa shape index (κ1) is 10.4. The van der Waals surface area contributed by atoms with Crippen LogP contribution in [0, 0.1) is 0 Å². The summed E-state index contributed by atoms with van der Waals surface area (Å²) in [7, 11) is 0. The van der Waals surface area contributed by atoms with Crippen LogP contribution in [-0.4, -0.2) is 62.2 Å². The molecule has 76 valence electrons. The molecule has 7 nitrogen and oxygen atoms in total. The number of aliphatic hydroxyl groups excluding tert-OH is 4. The van der Waals surface area contributed by atoms with Crippen molar-refractivity contribution in [3.8, 4) is 0 Å². The van der Waals surface area contributed by atoms with Crippen LogP contribution in [0.25, 0.3) is 0 Å². The third-order valence-corrected chi connectivity index (χ3v) is 1.83. The number of ether oxygens (including phenoxy) is 1. The second-order valence-corrected chi connectivity index (χ2v) is 2.76. The Labute approximate surface area is 72.8 Å². The molecule has 2 unspecified atom stereocenters. The van der Waals surface area contributed by atoms with E-state index in [4.69, 9.17) is 25.5 Å². The molecule has 0 aliphatic carbocycles. The van der Waals surface area contributed by atoms with E-state index in [1.807, 2.05) is 0 Å². The van der Waals surface area contributed by atoms with E-state index in [0.717, 1.165) is 0 Å². The summed E-state index contributed by atoms with van der Waals surface area (Å²) in [6.45, 7) is 0. The molecule has 0 saturated carbocycles. The molecular formula is C6H10O7. The molecule has 0 bridgehead atoms. The zero-order valence-electron chi connectivity index (χ0n) is 6.44. The summed E-state index contributed by atoms with van der Waals surface area (Å²) in [5, 5.41) is 44.4. The van der Waals surface area contributed by atoms with Gasteiger partial charge in [0.15, 0.2) is 12.4 Å². The van der Waals surface area contributed by atoms with Gasteiger partial charge in [0, 0.05) is 0 Å². The summed E-state index contributed by atoms with van der Waals surface area (Å²) in [4.78, 5) is 10.4. The Bertz CT molecular complexity index is 205. The zero-order chi connectivity index (χ0) is 10.2. The fourth-order valence-electron chi connectivity index (χ4n) is 1.07. The Morgan fingerprint density at radius 1 is 1.00 bits per heavy atom. The van der Waals surface area contributed by atoms with E-state index in [9.17, 15) is 4.79 Å². The molecule has 13 heavy (non-hydrogen) atoms. The van der Waals surface area contributed by atoms with Crippen molar-refractivity contribution < 1.29 is 35.1 Å². The fraction of sp³-hybridized carbons (Fsp3) is 0.833. The van der Waals surface area contributed by atoms with Gasteiger partial charge < -0.3 is 30.3 Å². The van der Waals surface area contributed by atoms with Gasteiger partial charge in [-0.05, 0) is 0 Å². The Morgan fingerprint density at radius 2 is 1.54 bits per heavy atom. The Morgan fingerprint density at radius 3 is 2.00 bits per heavy atom. The Kier molecular flexibility index (Phi) is 2.84. The molecule has 5 N–H and O–H groups in total. The lowest BCUT2D eigenvalue weighted by molar-refractivity contribution is -0.279. The average Bonchev–Trinajstić information content (AvgIpc) is 2.07. The molecule has 1 aliphatic heterocycles. The quantitative estimate of drug-likeness (QED) is 0.298. The number of aliphatic carboxylic acids is 1. The molecule has 0 aromatic heterocycles. The highest BCUT2D eigenvalue weighted by molar-refractivity contribution is 5.73. The Balaban J connectivity index is 2.76. The molecule has 1 rings (SSSR count). The van der Waals surface area contributed by atoms with Gasteiger partial charge in [-0.2, -0.15) is 0 Å². The average molecular weight is 194 g/mol. The Hall–Kier alpha value is -0.730. The molecule has 5 atom stereocenters. The van der Waals surface area contributed by atoms with Crippen LogP contribution < -0.4 is 0 Å². The minimum absolute atomic E-state index is 1.52. The first-order valence-electron chi connectivity index (χ1n) is 3.55. The standard InChI is InChI=1S/C6H10O7/c7-1-2(8)4(5(10)11)13-6(12)3(1)9/h1-4,6-9,12H,(H,10,11)/t1-,2+,3?,4?,6-/m0/s1. The first-order valence-corrected chi connectivity index (χ1v) is 3.55. The monoisotopic (exact) mass is 194 g/mol. The summed E-state index contributed by atoms with van der Waals surface area (Å²) < 4.78 is 4.34. The summed E-state index contributed by atoms with van der Waals surface area (Å²) in [6.07, 6.45) is -8.72. The molecule has 0 aromatic rings. The van der Waals surface area contributed by atoms with E-state index in [0.29, 0.717) is 0 Å². The predicted octanol–water partition coefficient (Wildman–Crippen LogP) is -3.13. The van der Waals surface area contributed by atoms with Crippen molar-refractivity contribution in [3.05, 3.63) is 0 Å². The van der Waals surface area contributed by atoms with E-state index in [-0.39, 0.29) is 0 Å². The third kappa shape index (κ3) is 1.79. The van der Waals surface area contributed by atoms with Gasteiger partial charge in [0.25, 0.3) is 0 Å². The van der Waals surface area contributed by atoms with Crippen LogP contribution in [-0.2, 0) is 9.53 Å². The number of carboxylic acids is 1. The maximum atomic E-state index is 10.4. The smallest absolute Gasteiger partial charge is 0.335 e. The molecule has 1 saturated heterocycles. The lowest BCUT2D eigenvalue weighted by atomic mass is 9.99. The topological polar surface area (TPSA) is 127 Å². The highest BCUT2D eigenvalue weighted by Gasteiger charge is 2.46. The van der Waals surface area contributed by atoms with Crippen LogP contribution in [0.4, 0.5) is 0 Å². The van der Waals surface area contributed by atoms with Crippen LogP contribution in [0.15, 0.2) is 0 Å². The van der Waals surface area contributed by atoms with Gasteiger partial charge in [-0.3, -0.25) is 0 Å². The van der Waals surface area contributed by atoms with Crippen LogP contribution in [0.2, 0.25) is 0 Å². The summed E-state index contributed by atoms with van der Waals surface area (Å²) >= 11 is 0. The number of carbonyl (C=O) groups is 1. The maximum absolute atomic E-state index is 10.4. The second kappa shape index (κ2) is 3.56. The van der Waals surface area contributed by atoms with Crippen LogP contribution in [0.1, 0.15) is 0 Å². The van der Waals surface area contributed by atoms with Gasteiger partial charge >= 0.3 is 5.97 Å². The number of aliphatic hydroxyl groups is 4. The largest absolute Gasteiger partial charge is 0.479 e. The second-order valence-electron chi connectivity index (χ2n) is 2.76.